The molecule has 1 aliphatic rings. The first-order chi connectivity index (χ1) is 8.70. The molecule has 2 rings (SSSR count). The van der Waals surface area contributed by atoms with Crippen LogP contribution in [-0.2, 0) is 19.1 Å². The summed E-state index contributed by atoms with van der Waals surface area (Å²) in [4.78, 5) is 24.2. The standard InChI is InChI=1S/C13H13NO4/c1-17-13(16)8-14-9-18-11(7-12(14)15)10-5-3-2-4-6-10/h2-7H,8-9H2,1H3. The number of methoxy groups -OCH3 is 1. The summed E-state index contributed by atoms with van der Waals surface area (Å²) in [6, 6.07) is 9.33. The number of esters is 1. The van der Waals surface area contributed by atoms with Crippen LogP contribution in [0, 0.1) is 0 Å². The van der Waals surface area contributed by atoms with Gasteiger partial charge in [0.15, 0.2) is 6.73 Å². The van der Waals surface area contributed by atoms with Crippen molar-refractivity contribution in [2.45, 2.75) is 0 Å². The summed E-state index contributed by atoms with van der Waals surface area (Å²) in [5, 5.41) is 0. The van der Waals surface area contributed by atoms with E-state index in [4.69, 9.17) is 4.74 Å². The number of benzene rings is 1. The summed E-state index contributed by atoms with van der Waals surface area (Å²) in [7, 11) is 1.28. The summed E-state index contributed by atoms with van der Waals surface area (Å²) in [5.41, 5.74) is 0.837. The molecule has 0 atom stereocenters. The van der Waals surface area contributed by atoms with Gasteiger partial charge < -0.3 is 9.47 Å². The van der Waals surface area contributed by atoms with Crippen LogP contribution in [0.2, 0.25) is 0 Å². The molecule has 0 aliphatic carbocycles. The minimum atomic E-state index is -0.469. The predicted molar refractivity (Wildman–Crippen MR) is 64.1 cm³/mol. The average Bonchev–Trinajstić information content (AvgIpc) is 2.42. The van der Waals surface area contributed by atoms with Crippen LogP contribution >= 0.6 is 0 Å². The van der Waals surface area contributed by atoms with Gasteiger partial charge in [-0.1, -0.05) is 30.3 Å². The van der Waals surface area contributed by atoms with E-state index in [1.54, 1.807) is 0 Å². The van der Waals surface area contributed by atoms with Gasteiger partial charge in [0.1, 0.15) is 12.3 Å². The molecular weight excluding hydrogens is 234 g/mol. The Bertz CT molecular complexity index is 481. The smallest absolute Gasteiger partial charge is 0.325 e. The summed E-state index contributed by atoms with van der Waals surface area (Å²) in [6.45, 7) is -0.0530. The number of rotatable bonds is 3. The SMILES string of the molecule is COC(=O)CN1COC(c2ccccc2)=CC1=O. The van der Waals surface area contributed by atoms with Gasteiger partial charge in [0.05, 0.1) is 7.11 Å². The number of carbonyl (C=O) groups excluding carboxylic acids is 2. The second kappa shape index (κ2) is 5.35. The number of amides is 1. The van der Waals surface area contributed by atoms with E-state index in [1.165, 1.54) is 18.1 Å². The number of carbonyl (C=O) groups is 2. The molecule has 18 heavy (non-hydrogen) atoms. The maximum atomic E-state index is 11.8. The molecule has 0 fully saturated rings. The van der Waals surface area contributed by atoms with Crippen LogP contribution in [0.4, 0.5) is 0 Å². The minimum Gasteiger partial charge on any atom is -0.472 e. The summed E-state index contributed by atoms with van der Waals surface area (Å²) in [6.07, 6.45) is 1.38. The van der Waals surface area contributed by atoms with Crippen LogP contribution in [0.3, 0.4) is 0 Å². The summed E-state index contributed by atoms with van der Waals surface area (Å²) >= 11 is 0. The van der Waals surface area contributed by atoms with Gasteiger partial charge in [0.25, 0.3) is 5.91 Å². The normalized spacial score (nSPS) is 14.8. The van der Waals surface area contributed by atoms with E-state index in [0.29, 0.717) is 5.76 Å². The molecule has 1 heterocycles. The van der Waals surface area contributed by atoms with Gasteiger partial charge in [-0.05, 0) is 0 Å². The van der Waals surface area contributed by atoms with Crippen molar-refractivity contribution in [2.24, 2.45) is 0 Å². The van der Waals surface area contributed by atoms with Crippen molar-refractivity contribution in [1.29, 1.82) is 0 Å². The van der Waals surface area contributed by atoms with Crippen molar-refractivity contribution >= 4 is 17.6 Å². The quantitative estimate of drug-likeness (QED) is 0.748. The monoisotopic (exact) mass is 247 g/mol. The van der Waals surface area contributed by atoms with Crippen LogP contribution in [0.5, 0.6) is 0 Å². The van der Waals surface area contributed by atoms with E-state index < -0.39 is 5.97 Å². The van der Waals surface area contributed by atoms with E-state index >= 15 is 0 Å². The van der Waals surface area contributed by atoms with Crippen LogP contribution in [0.15, 0.2) is 36.4 Å². The Morgan fingerprint density at radius 3 is 2.72 bits per heavy atom. The Balaban J connectivity index is 2.09. The van der Waals surface area contributed by atoms with Crippen molar-refractivity contribution in [3.63, 3.8) is 0 Å². The first-order valence-electron chi connectivity index (χ1n) is 5.46. The molecule has 0 bridgehead atoms. The second-order valence-corrected chi connectivity index (χ2v) is 3.76. The first-order valence-corrected chi connectivity index (χ1v) is 5.46. The number of hydrogen-bond donors (Lipinski definition) is 0. The Hall–Kier alpha value is -2.30. The van der Waals surface area contributed by atoms with Crippen LogP contribution in [0.25, 0.3) is 5.76 Å². The lowest BCUT2D eigenvalue weighted by molar-refractivity contribution is -0.148. The number of ether oxygens (including phenoxy) is 2. The maximum Gasteiger partial charge on any atom is 0.325 e. The second-order valence-electron chi connectivity index (χ2n) is 3.76. The summed E-state index contributed by atoms with van der Waals surface area (Å²) in [5.74, 6) is -0.212. The van der Waals surface area contributed by atoms with Gasteiger partial charge >= 0.3 is 5.97 Å². The molecule has 0 spiro atoms. The fourth-order valence-electron chi connectivity index (χ4n) is 1.57. The highest BCUT2D eigenvalue weighted by atomic mass is 16.5. The molecule has 0 saturated carbocycles. The Morgan fingerprint density at radius 1 is 1.39 bits per heavy atom. The minimum absolute atomic E-state index is 0.0503. The van der Waals surface area contributed by atoms with Gasteiger partial charge in [0, 0.05) is 11.6 Å². The molecule has 94 valence electrons. The Labute approximate surface area is 105 Å². The van der Waals surface area contributed by atoms with Crippen molar-refractivity contribution < 1.29 is 19.1 Å². The lowest BCUT2D eigenvalue weighted by atomic mass is 10.1. The van der Waals surface area contributed by atoms with Crippen LogP contribution in [0.1, 0.15) is 5.56 Å². The topological polar surface area (TPSA) is 55.8 Å². The van der Waals surface area contributed by atoms with E-state index in [2.05, 4.69) is 4.74 Å². The van der Waals surface area contributed by atoms with Crippen molar-refractivity contribution in [3.8, 4) is 0 Å². The van der Waals surface area contributed by atoms with Gasteiger partial charge in [-0.3, -0.25) is 14.5 Å². The predicted octanol–water partition coefficient (Wildman–Crippen LogP) is 1.02. The molecular formula is C13H13NO4. The lowest BCUT2D eigenvalue weighted by Crippen LogP contribution is -2.39. The van der Waals surface area contributed by atoms with Gasteiger partial charge in [0.2, 0.25) is 0 Å². The van der Waals surface area contributed by atoms with Crippen LogP contribution < -0.4 is 0 Å². The zero-order valence-corrected chi connectivity index (χ0v) is 9.96. The van der Waals surface area contributed by atoms with Gasteiger partial charge in [-0.25, -0.2) is 0 Å². The van der Waals surface area contributed by atoms with Crippen molar-refractivity contribution in [3.05, 3.63) is 42.0 Å². The zero-order chi connectivity index (χ0) is 13.0. The Morgan fingerprint density at radius 2 is 2.11 bits per heavy atom. The third-order valence-electron chi connectivity index (χ3n) is 2.55. The molecule has 0 radical (unpaired) electrons. The molecule has 1 aliphatic heterocycles. The highest BCUT2D eigenvalue weighted by Gasteiger charge is 2.22. The first kappa shape index (κ1) is 12.2. The van der Waals surface area contributed by atoms with E-state index in [-0.39, 0.29) is 19.2 Å². The average molecular weight is 247 g/mol. The molecule has 5 heteroatoms. The number of nitrogens with zero attached hydrogens (tertiary/aromatic N) is 1. The fourth-order valence-corrected chi connectivity index (χ4v) is 1.57. The molecule has 1 aromatic carbocycles. The fraction of sp³-hybridized carbons (Fsp3) is 0.231. The molecule has 1 aromatic rings. The van der Waals surface area contributed by atoms with Gasteiger partial charge in [-0.15, -0.1) is 0 Å². The molecule has 0 unspecified atom stereocenters. The third-order valence-corrected chi connectivity index (χ3v) is 2.55. The van der Waals surface area contributed by atoms with Gasteiger partial charge in [-0.2, -0.15) is 0 Å². The maximum absolute atomic E-state index is 11.8. The highest BCUT2D eigenvalue weighted by molar-refractivity contribution is 5.96. The van der Waals surface area contributed by atoms with Crippen LogP contribution in [-0.4, -0.2) is 37.2 Å². The van der Waals surface area contributed by atoms with E-state index in [1.807, 2.05) is 30.3 Å². The third kappa shape index (κ3) is 2.68. The molecule has 5 nitrogen and oxygen atoms in total. The van der Waals surface area contributed by atoms with Crippen molar-refractivity contribution in [1.82, 2.24) is 4.90 Å². The Kier molecular flexibility index (Phi) is 3.62. The molecule has 0 N–H and O–H groups in total. The van der Waals surface area contributed by atoms with E-state index in [0.717, 1.165) is 5.56 Å². The lowest BCUT2D eigenvalue weighted by Gasteiger charge is -2.25. The summed E-state index contributed by atoms with van der Waals surface area (Å²) < 4.78 is 9.95. The molecule has 0 saturated heterocycles. The number of hydrogen-bond acceptors (Lipinski definition) is 4. The highest BCUT2D eigenvalue weighted by Crippen LogP contribution is 2.19. The molecule has 0 aromatic heterocycles. The van der Waals surface area contributed by atoms with Crippen molar-refractivity contribution in [2.75, 3.05) is 20.4 Å². The molecule has 1 amide bonds. The zero-order valence-electron chi connectivity index (χ0n) is 9.96. The largest absolute Gasteiger partial charge is 0.472 e. The van der Waals surface area contributed by atoms with E-state index in [9.17, 15) is 9.59 Å².